The molecule has 2 unspecified atom stereocenters. The van der Waals surface area contributed by atoms with Gasteiger partial charge < -0.3 is 20.1 Å². The van der Waals surface area contributed by atoms with Crippen LogP contribution in [0.1, 0.15) is 32.1 Å². The fraction of sp³-hybridized carbons (Fsp3) is 0.929. The summed E-state index contributed by atoms with van der Waals surface area (Å²) in [5.41, 5.74) is 0. The first-order valence-corrected chi connectivity index (χ1v) is 7.51. The highest BCUT2D eigenvalue weighted by molar-refractivity contribution is 5.75. The SMILES string of the molecule is O=C(CCOCC1CCCO1)NCCC1CCNC1. The van der Waals surface area contributed by atoms with Crippen LogP contribution in [0.4, 0.5) is 0 Å². The Morgan fingerprint density at radius 3 is 3.11 bits per heavy atom. The average molecular weight is 270 g/mol. The van der Waals surface area contributed by atoms with Crippen LogP contribution in [0.15, 0.2) is 0 Å². The van der Waals surface area contributed by atoms with E-state index in [2.05, 4.69) is 10.6 Å². The number of carbonyl (C=O) groups excluding carboxylic acids is 1. The van der Waals surface area contributed by atoms with E-state index in [1.807, 2.05) is 0 Å². The van der Waals surface area contributed by atoms with Crippen LogP contribution < -0.4 is 10.6 Å². The van der Waals surface area contributed by atoms with Gasteiger partial charge in [0.2, 0.25) is 5.91 Å². The number of amides is 1. The van der Waals surface area contributed by atoms with E-state index in [-0.39, 0.29) is 12.0 Å². The number of ether oxygens (including phenoxy) is 2. The van der Waals surface area contributed by atoms with Gasteiger partial charge in [-0.1, -0.05) is 0 Å². The predicted octanol–water partition coefficient (Wildman–Crippen LogP) is 0.688. The molecule has 0 bridgehead atoms. The Labute approximate surface area is 115 Å². The van der Waals surface area contributed by atoms with E-state index < -0.39 is 0 Å². The van der Waals surface area contributed by atoms with Crippen LogP contribution in [0.3, 0.4) is 0 Å². The highest BCUT2D eigenvalue weighted by Crippen LogP contribution is 2.12. The molecule has 2 rings (SSSR count). The third-order valence-electron chi connectivity index (χ3n) is 3.84. The molecule has 2 aliphatic heterocycles. The average Bonchev–Trinajstić information content (AvgIpc) is 3.07. The van der Waals surface area contributed by atoms with Crippen LogP contribution in [-0.2, 0) is 14.3 Å². The quantitative estimate of drug-likeness (QED) is 0.637. The molecule has 2 fully saturated rings. The standard InChI is InChI=1S/C14H26N2O3/c17-14(16-7-4-12-3-6-15-10-12)5-9-18-11-13-2-1-8-19-13/h12-13,15H,1-11H2,(H,16,17). The summed E-state index contributed by atoms with van der Waals surface area (Å²) in [6.45, 7) is 4.98. The first-order chi connectivity index (χ1) is 9.34. The first kappa shape index (κ1) is 14.8. The minimum atomic E-state index is 0.0956. The van der Waals surface area contributed by atoms with Crippen molar-refractivity contribution in [2.24, 2.45) is 5.92 Å². The van der Waals surface area contributed by atoms with Crippen LogP contribution >= 0.6 is 0 Å². The van der Waals surface area contributed by atoms with Gasteiger partial charge in [0.25, 0.3) is 0 Å². The first-order valence-electron chi connectivity index (χ1n) is 7.51. The van der Waals surface area contributed by atoms with Crippen LogP contribution in [0.5, 0.6) is 0 Å². The van der Waals surface area contributed by atoms with Gasteiger partial charge in [0, 0.05) is 19.6 Å². The minimum Gasteiger partial charge on any atom is -0.378 e. The molecule has 2 atom stereocenters. The maximum absolute atomic E-state index is 11.6. The summed E-state index contributed by atoms with van der Waals surface area (Å²) < 4.78 is 10.9. The molecule has 2 heterocycles. The summed E-state index contributed by atoms with van der Waals surface area (Å²) in [7, 11) is 0. The second-order valence-corrected chi connectivity index (χ2v) is 5.46. The molecular weight excluding hydrogens is 244 g/mol. The number of hydrogen-bond acceptors (Lipinski definition) is 4. The molecule has 0 aliphatic carbocycles. The fourth-order valence-electron chi connectivity index (χ4n) is 2.62. The van der Waals surface area contributed by atoms with E-state index >= 15 is 0 Å². The van der Waals surface area contributed by atoms with Crippen molar-refractivity contribution in [2.45, 2.75) is 38.2 Å². The summed E-state index contributed by atoms with van der Waals surface area (Å²) >= 11 is 0. The molecule has 2 saturated heterocycles. The molecule has 0 spiro atoms. The van der Waals surface area contributed by atoms with Crippen molar-refractivity contribution in [1.29, 1.82) is 0 Å². The van der Waals surface area contributed by atoms with Crippen molar-refractivity contribution in [3.63, 3.8) is 0 Å². The van der Waals surface area contributed by atoms with Gasteiger partial charge in [0.1, 0.15) is 0 Å². The smallest absolute Gasteiger partial charge is 0.222 e. The Balaban J connectivity index is 1.40. The zero-order valence-electron chi connectivity index (χ0n) is 11.7. The van der Waals surface area contributed by atoms with Crippen molar-refractivity contribution in [2.75, 3.05) is 39.5 Å². The maximum Gasteiger partial charge on any atom is 0.222 e. The lowest BCUT2D eigenvalue weighted by molar-refractivity contribution is -0.122. The molecule has 0 radical (unpaired) electrons. The Hall–Kier alpha value is -0.650. The second-order valence-electron chi connectivity index (χ2n) is 5.46. The zero-order chi connectivity index (χ0) is 13.3. The van der Waals surface area contributed by atoms with Crippen molar-refractivity contribution in [1.82, 2.24) is 10.6 Å². The van der Waals surface area contributed by atoms with Crippen molar-refractivity contribution < 1.29 is 14.3 Å². The normalized spacial score (nSPS) is 26.7. The molecule has 0 aromatic rings. The van der Waals surface area contributed by atoms with E-state index in [1.165, 1.54) is 6.42 Å². The zero-order valence-corrected chi connectivity index (χ0v) is 11.7. The monoisotopic (exact) mass is 270 g/mol. The van der Waals surface area contributed by atoms with Gasteiger partial charge in [0.05, 0.1) is 19.3 Å². The van der Waals surface area contributed by atoms with Crippen LogP contribution in [0, 0.1) is 5.92 Å². The number of hydrogen-bond donors (Lipinski definition) is 2. The third kappa shape index (κ3) is 5.89. The summed E-state index contributed by atoms with van der Waals surface area (Å²) in [5, 5.41) is 6.29. The highest BCUT2D eigenvalue weighted by Gasteiger charge is 2.16. The molecule has 2 aliphatic rings. The van der Waals surface area contributed by atoms with Crippen LogP contribution in [0.2, 0.25) is 0 Å². The molecule has 19 heavy (non-hydrogen) atoms. The van der Waals surface area contributed by atoms with Crippen molar-refractivity contribution in [3.05, 3.63) is 0 Å². The number of carbonyl (C=O) groups is 1. The van der Waals surface area contributed by atoms with Gasteiger partial charge in [-0.05, 0) is 44.7 Å². The van der Waals surface area contributed by atoms with E-state index in [1.54, 1.807) is 0 Å². The molecule has 0 aromatic carbocycles. The molecule has 2 N–H and O–H groups in total. The minimum absolute atomic E-state index is 0.0956. The molecule has 5 heteroatoms. The lowest BCUT2D eigenvalue weighted by Crippen LogP contribution is -2.27. The molecule has 0 aromatic heterocycles. The van der Waals surface area contributed by atoms with E-state index in [9.17, 15) is 4.79 Å². The summed E-state index contributed by atoms with van der Waals surface area (Å²) in [4.78, 5) is 11.6. The third-order valence-corrected chi connectivity index (χ3v) is 3.84. The van der Waals surface area contributed by atoms with Gasteiger partial charge in [-0.2, -0.15) is 0 Å². The summed E-state index contributed by atoms with van der Waals surface area (Å²) in [5.74, 6) is 0.828. The number of rotatable bonds is 8. The van der Waals surface area contributed by atoms with E-state index in [0.29, 0.717) is 19.6 Å². The van der Waals surface area contributed by atoms with Crippen LogP contribution in [0.25, 0.3) is 0 Å². The Bertz CT molecular complexity index is 261. The lowest BCUT2D eigenvalue weighted by atomic mass is 10.1. The van der Waals surface area contributed by atoms with E-state index in [4.69, 9.17) is 9.47 Å². The lowest BCUT2D eigenvalue weighted by Gasteiger charge is -2.11. The van der Waals surface area contributed by atoms with E-state index in [0.717, 1.165) is 51.4 Å². The van der Waals surface area contributed by atoms with Gasteiger partial charge in [-0.15, -0.1) is 0 Å². The topological polar surface area (TPSA) is 59.6 Å². The van der Waals surface area contributed by atoms with Gasteiger partial charge in [-0.3, -0.25) is 4.79 Å². The second kappa shape index (κ2) is 8.51. The molecule has 110 valence electrons. The predicted molar refractivity (Wildman–Crippen MR) is 73.0 cm³/mol. The molecule has 1 amide bonds. The summed E-state index contributed by atoms with van der Waals surface area (Å²) in [6.07, 6.45) is 5.23. The van der Waals surface area contributed by atoms with Crippen LogP contribution in [-0.4, -0.2) is 51.5 Å². The largest absolute Gasteiger partial charge is 0.378 e. The Kier molecular flexibility index (Phi) is 6.61. The maximum atomic E-state index is 11.6. The van der Waals surface area contributed by atoms with Crippen molar-refractivity contribution >= 4 is 5.91 Å². The van der Waals surface area contributed by atoms with Crippen molar-refractivity contribution in [3.8, 4) is 0 Å². The van der Waals surface area contributed by atoms with Gasteiger partial charge in [0.15, 0.2) is 0 Å². The van der Waals surface area contributed by atoms with Gasteiger partial charge in [-0.25, -0.2) is 0 Å². The molecule has 0 saturated carbocycles. The Morgan fingerprint density at radius 2 is 2.37 bits per heavy atom. The Morgan fingerprint density at radius 1 is 1.42 bits per heavy atom. The molecular formula is C14H26N2O3. The number of nitrogens with one attached hydrogen (secondary N) is 2. The summed E-state index contributed by atoms with van der Waals surface area (Å²) in [6, 6.07) is 0. The fourth-order valence-corrected chi connectivity index (χ4v) is 2.62. The highest BCUT2D eigenvalue weighted by atomic mass is 16.5. The molecule has 5 nitrogen and oxygen atoms in total. The van der Waals surface area contributed by atoms with Gasteiger partial charge >= 0.3 is 0 Å².